The lowest BCUT2D eigenvalue weighted by molar-refractivity contribution is 0.0472. The number of rotatable bonds is 4. The average molecular weight is 286 g/mol. The summed E-state index contributed by atoms with van der Waals surface area (Å²) in [5.41, 5.74) is 1.33. The van der Waals surface area contributed by atoms with Crippen molar-refractivity contribution in [2.75, 3.05) is 13.9 Å². The molecule has 3 rings (SSSR count). The maximum Gasteiger partial charge on any atom is 0.338 e. The molecule has 1 heterocycles. The van der Waals surface area contributed by atoms with Gasteiger partial charge in [-0.1, -0.05) is 6.07 Å². The number of hydrogen-bond acceptors (Lipinski definition) is 5. The van der Waals surface area contributed by atoms with Gasteiger partial charge in [0.1, 0.15) is 12.4 Å². The van der Waals surface area contributed by atoms with Crippen LogP contribution in [0.5, 0.6) is 17.2 Å². The number of benzene rings is 2. The van der Waals surface area contributed by atoms with Gasteiger partial charge in [0.15, 0.2) is 11.5 Å². The van der Waals surface area contributed by atoms with E-state index in [0.717, 1.165) is 5.56 Å². The first-order valence-electron chi connectivity index (χ1n) is 6.46. The maximum absolute atomic E-state index is 11.9. The van der Waals surface area contributed by atoms with Gasteiger partial charge in [-0.3, -0.25) is 0 Å². The molecule has 1 aliphatic rings. The van der Waals surface area contributed by atoms with Crippen molar-refractivity contribution in [1.82, 2.24) is 0 Å². The first-order valence-corrected chi connectivity index (χ1v) is 6.46. The molecule has 108 valence electrons. The van der Waals surface area contributed by atoms with E-state index in [-0.39, 0.29) is 19.4 Å². The van der Waals surface area contributed by atoms with Crippen molar-refractivity contribution in [3.8, 4) is 17.2 Å². The second-order valence-corrected chi connectivity index (χ2v) is 4.49. The molecule has 0 N–H and O–H groups in total. The Morgan fingerprint density at radius 3 is 2.62 bits per heavy atom. The largest absolute Gasteiger partial charge is 0.497 e. The molecule has 1 aliphatic heterocycles. The molecule has 0 unspecified atom stereocenters. The fraction of sp³-hybridized carbons (Fsp3) is 0.188. The monoisotopic (exact) mass is 286 g/mol. The van der Waals surface area contributed by atoms with Crippen molar-refractivity contribution < 1.29 is 23.7 Å². The smallest absolute Gasteiger partial charge is 0.338 e. The average Bonchev–Trinajstić information content (AvgIpc) is 3.00. The Hall–Kier alpha value is -2.69. The van der Waals surface area contributed by atoms with E-state index in [2.05, 4.69) is 0 Å². The van der Waals surface area contributed by atoms with Crippen molar-refractivity contribution in [3.63, 3.8) is 0 Å². The highest BCUT2D eigenvalue weighted by molar-refractivity contribution is 5.89. The predicted octanol–water partition coefficient (Wildman–Crippen LogP) is 2.78. The van der Waals surface area contributed by atoms with Gasteiger partial charge in [0.2, 0.25) is 6.79 Å². The number of carbonyl (C=O) groups is 1. The number of hydrogen-bond donors (Lipinski definition) is 0. The molecule has 0 aromatic heterocycles. The molecule has 2 aromatic rings. The van der Waals surface area contributed by atoms with Gasteiger partial charge < -0.3 is 18.9 Å². The molecular weight excluding hydrogens is 272 g/mol. The Kier molecular flexibility index (Phi) is 3.64. The van der Waals surface area contributed by atoms with Crippen LogP contribution in [-0.2, 0) is 11.3 Å². The van der Waals surface area contributed by atoms with Crippen LogP contribution in [0, 0.1) is 0 Å². The zero-order valence-corrected chi connectivity index (χ0v) is 11.5. The van der Waals surface area contributed by atoms with Crippen LogP contribution in [0.1, 0.15) is 15.9 Å². The summed E-state index contributed by atoms with van der Waals surface area (Å²) in [7, 11) is 1.58. The fourth-order valence-electron chi connectivity index (χ4n) is 1.99. The van der Waals surface area contributed by atoms with E-state index in [0.29, 0.717) is 22.8 Å². The van der Waals surface area contributed by atoms with Crippen LogP contribution in [-0.4, -0.2) is 19.9 Å². The molecule has 0 atom stereocenters. The van der Waals surface area contributed by atoms with Gasteiger partial charge in [0.05, 0.1) is 12.7 Å². The van der Waals surface area contributed by atoms with Crippen molar-refractivity contribution in [2.24, 2.45) is 0 Å². The molecule has 0 saturated carbocycles. The first-order chi connectivity index (χ1) is 10.3. The van der Waals surface area contributed by atoms with Crippen LogP contribution < -0.4 is 14.2 Å². The van der Waals surface area contributed by atoms with Gasteiger partial charge in [0, 0.05) is 0 Å². The lowest BCUT2D eigenvalue weighted by Crippen LogP contribution is -2.05. The van der Waals surface area contributed by atoms with Crippen molar-refractivity contribution >= 4 is 5.97 Å². The molecule has 0 fully saturated rings. The van der Waals surface area contributed by atoms with Crippen LogP contribution in [0.2, 0.25) is 0 Å². The lowest BCUT2D eigenvalue weighted by Gasteiger charge is -2.06. The third-order valence-corrected chi connectivity index (χ3v) is 3.13. The quantitative estimate of drug-likeness (QED) is 0.809. The molecular formula is C16H14O5. The van der Waals surface area contributed by atoms with Gasteiger partial charge in [0.25, 0.3) is 0 Å². The Labute approximate surface area is 122 Å². The highest BCUT2D eigenvalue weighted by Crippen LogP contribution is 2.32. The predicted molar refractivity (Wildman–Crippen MR) is 74.7 cm³/mol. The minimum atomic E-state index is -0.379. The number of carbonyl (C=O) groups excluding carboxylic acids is 1. The second-order valence-electron chi connectivity index (χ2n) is 4.49. The number of esters is 1. The van der Waals surface area contributed by atoms with Crippen LogP contribution in [0.25, 0.3) is 0 Å². The van der Waals surface area contributed by atoms with Crippen LogP contribution >= 0.6 is 0 Å². The molecule has 5 nitrogen and oxygen atoms in total. The van der Waals surface area contributed by atoms with Gasteiger partial charge in [-0.15, -0.1) is 0 Å². The zero-order chi connectivity index (χ0) is 14.7. The standard InChI is InChI=1S/C16H14O5/c1-18-13-5-3-12(4-6-13)16(17)19-9-11-2-7-14-15(8-11)21-10-20-14/h2-8H,9-10H2,1H3. The third kappa shape index (κ3) is 2.91. The molecule has 0 aliphatic carbocycles. The topological polar surface area (TPSA) is 54.0 Å². The minimum absolute atomic E-state index is 0.182. The lowest BCUT2D eigenvalue weighted by atomic mass is 10.2. The minimum Gasteiger partial charge on any atom is -0.497 e. The molecule has 0 saturated heterocycles. The summed E-state index contributed by atoms with van der Waals surface area (Å²) >= 11 is 0. The number of ether oxygens (including phenoxy) is 4. The summed E-state index contributed by atoms with van der Waals surface area (Å²) in [5, 5.41) is 0. The maximum atomic E-state index is 11.9. The highest BCUT2D eigenvalue weighted by atomic mass is 16.7. The van der Waals surface area contributed by atoms with E-state index in [1.165, 1.54) is 0 Å². The van der Waals surface area contributed by atoms with Gasteiger partial charge in [-0.2, -0.15) is 0 Å². The summed E-state index contributed by atoms with van der Waals surface area (Å²) in [6.45, 7) is 0.409. The number of fused-ring (bicyclic) bond motifs is 1. The van der Waals surface area contributed by atoms with Crippen molar-refractivity contribution in [2.45, 2.75) is 6.61 Å². The zero-order valence-electron chi connectivity index (χ0n) is 11.5. The molecule has 0 amide bonds. The summed E-state index contributed by atoms with van der Waals surface area (Å²) in [5.74, 6) is 1.70. The van der Waals surface area contributed by atoms with Crippen LogP contribution in [0.3, 0.4) is 0 Å². The van der Waals surface area contributed by atoms with Crippen LogP contribution in [0.15, 0.2) is 42.5 Å². The van der Waals surface area contributed by atoms with E-state index in [9.17, 15) is 4.79 Å². The van der Waals surface area contributed by atoms with Gasteiger partial charge >= 0.3 is 5.97 Å². The molecule has 0 bridgehead atoms. The Morgan fingerprint density at radius 1 is 1.10 bits per heavy atom. The molecule has 21 heavy (non-hydrogen) atoms. The Balaban J connectivity index is 1.62. The van der Waals surface area contributed by atoms with Gasteiger partial charge in [-0.25, -0.2) is 4.79 Å². The first kappa shape index (κ1) is 13.3. The fourth-order valence-corrected chi connectivity index (χ4v) is 1.99. The SMILES string of the molecule is COc1ccc(C(=O)OCc2ccc3c(c2)OCO3)cc1. The van der Waals surface area contributed by atoms with Crippen LogP contribution in [0.4, 0.5) is 0 Å². The van der Waals surface area contributed by atoms with Crippen molar-refractivity contribution in [1.29, 1.82) is 0 Å². The Bertz CT molecular complexity index is 648. The summed E-state index contributed by atoms with van der Waals surface area (Å²) in [4.78, 5) is 11.9. The highest BCUT2D eigenvalue weighted by Gasteiger charge is 2.14. The molecule has 0 radical (unpaired) electrons. The molecule has 0 spiro atoms. The van der Waals surface area contributed by atoms with E-state index < -0.39 is 0 Å². The van der Waals surface area contributed by atoms with E-state index in [4.69, 9.17) is 18.9 Å². The van der Waals surface area contributed by atoms with E-state index >= 15 is 0 Å². The molecule has 5 heteroatoms. The summed E-state index contributed by atoms with van der Waals surface area (Å²) in [6.07, 6.45) is 0. The summed E-state index contributed by atoms with van der Waals surface area (Å²) < 4.78 is 20.8. The second kappa shape index (κ2) is 5.75. The third-order valence-electron chi connectivity index (χ3n) is 3.13. The summed E-state index contributed by atoms with van der Waals surface area (Å²) in [6, 6.07) is 12.2. The van der Waals surface area contributed by atoms with Gasteiger partial charge in [-0.05, 0) is 42.0 Å². The molecule has 2 aromatic carbocycles. The Morgan fingerprint density at radius 2 is 1.86 bits per heavy atom. The van der Waals surface area contributed by atoms with E-state index in [1.807, 2.05) is 12.1 Å². The number of methoxy groups -OCH3 is 1. The van der Waals surface area contributed by atoms with Crippen molar-refractivity contribution in [3.05, 3.63) is 53.6 Å². The van der Waals surface area contributed by atoms with E-state index in [1.54, 1.807) is 37.4 Å². The normalized spacial score (nSPS) is 12.0.